The fourth-order valence-corrected chi connectivity index (χ4v) is 2.56. The lowest BCUT2D eigenvalue weighted by molar-refractivity contribution is 0.0988. The van der Waals surface area contributed by atoms with Crippen molar-refractivity contribution in [1.82, 2.24) is 9.78 Å². The maximum atomic E-state index is 11.5. The molecule has 1 unspecified atom stereocenters. The molecule has 3 rings (SSSR count). The molecule has 0 spiro atoms. The maximum Gasteiger partial charge on any atom is 0.165 e. The first-order valence-electron chi connectivity index (χ1n) is 6.41. The van der Waals surface area contributed by atoms with Crippen molar-refractivity contribution in [3.05, 3.63) is 53.3 Å². The lowest BCUT2D eigenvalue weighted by atomic mass is 9.78. The van der Waals surface area contributed by atoms with E-state index in [0.717, 1.165) is 18.5 Å². The van der Waals surface area contributed by atoms with Crippen LogP contribution >= 0.6 is 0 Å². The molecule has 1 aliphatic carbocycles. The number of carbonyl (C=O) groups is 1. The second-order valence-electron chi connectivity index (χ2n) is 4.83. The molecule has 0 N–H and O–H groups in total. The third-order valence-electron chi connectivity index (χ3n) is 3.65. The summed E-state index contributed by atoms with van der Waals surface area (Å²) in [7, 11) is 0. The first-order valence-corrected chi connectivity index (χ1v) is 6.41. The van der Waals surface area contributed by atoms with Crippen LogP contribution in [0.25, 0.3) is 0 Å². The van der Waals surface area contributed by atoms with E-state index < -0.39 is 0 Å². The molecule has 3 nitrogen and oxygen atoms in total. The van der Waals surface area contributed by atoms with Crippen LogP contribution in [-0.4, -0.2) is 15.6 Å². The number of carbonyl (C=O) groups excluding carboxylic acids is 1. The van der Waals surface area contributed by atoms with Crippen LogP contribution in [0.1, 0.15) is 40.7 Å². The van der Waals surface area contributed by atoms with Crippen LogP contribution in [0.15, 0.2) is 36.7 Å². The second-order valence-corrected chi connectivity index (χ2v) is 4.83. The van der Waals surface area contributed by atoms with Gasteiger partial charge in [0.2, 0.25) is 0 Å². The first kappa shape index (κ1) is 11.2. The van der Waals surface area contributed by atoms with Gasteiger partial charge >= 0.3 is 0 Å². The Balaban J connectivity index is 1.72. The quantitative estimate of drug-likeness (QED) is 0.770. The molecule has 0 saturated heterocycles. The number of Topliss-reactive ketones (excluding diaryl/α,β-unsaturated/α-hetero) is 1. The van der Waals surface area contributed by atoms with Crippen LogP contribution in [0.5, 0.6) is 0 Å². The molecule has 92 valence electrons. The molecule has 1 aliphatic rings. The first-order chi connectivity index (χ1) is 8.78. The van der Waals surface area contributed by atoms with Crippen molar-refractivity contribution in [2.45, 2.75) is 32.2 Å². The Morgan fingerprint density at radius 1 is 1.44 bits per heavy atom. The molecular formula is C15H16N2O. The van der Waals surface area contributed by atoms with E-state index in [0.29, 0.717) is 12.3 Å². The van der Waals surface area contributed by atoms with E-state index in [-0.39, 0.29) is 5.78 Å². The summed E-state index contributed by atoms with van der Waals surface area (Å²) >= 11 is 0. The predicted molar refractivity (Wildman–Crippen MR) is 69.7 cm³/mol. The minimum atomic E-state index is 0.162. The smallest absolute Gasteiger partial charge is 0.165 e. The molecule has 0 fully saturated rings. The van der Waals surface area contributed by atoms with Gasteiger partial charge in [0.25, 0.3) is 0 Å². The van der Waals surface area contributed by atoms with Gasteiger partial charge in [0.1, 0.15) is 0 Å². The Bertz CT molecular complexity index is 586. The van der Waals surface area contributed by atoms with E-state index in [1.165, 1.54) is 11.1 Å². The average Bonchev–Trinajstić information content (AvgIpc) is 2.84. The zero-order valence-electron chi connectivity index (χ0n) is 10.5. The normalized spacial score (nSPS) is 17.1. The summed E-state index contributed by atoms with van der Waals surface area (Å²) in [5.74, 6) is 0.709. The minimum absolute atomic E-state index is 0.162. The zero-order valence-corrected chi connectivity index (χ0v) is 10.5. The molecule has 2 aromatic rings. The standard InChI is InChI=1S/C15H16N2O/c1-2-15(18)13-8-16-17(10-13)9-12-7-11-5-3-4-6-14(11)12/h3-6,8,10,12H,2,7,9H2,1H3. The summed E-state index contributed by atoms with van der Waals surface area (Å²) < 4.78 is 1.89. The van der Waals surface area contributed by atoms with Gasteiger partial charge in [0, 0.05) is 25.1 Å². The van der Waals surface area contributed by atoms with Gasteiger partial charge in [-0.3, -0.25) is 9.48 Å². The van der Waals surface area contributed by atoms with E-state index in [1.807, 2.05) is 17.8 Å². The third kappa shape index (κ3) is 1.86. The number of aromatic nitrogens is 2. The van der Waals surface area contributed by atoms with Gasteiger partial charge in [0.15, 0.2) is 5.78 Å². The average molecular weight is 240 g/mol. The van der Waals surface area contributed by atoms with E-state index in [2.05, 4.69) is 29.4 Å². The van der Waals surface area contributed by atoms with Crippen LogP contribution in [0.2, 0.25) is 0 Å². The summed E-state index contributed by atoms with van der Waals surface area (Å²) in [5.41, 5.74) is 3.60. The summed E-state index contributed by atoms with van der Waals surface area (Å²) in [6, 6.07) is 8.53. The number of benzene rings is 1. The summed E-state index contributed by atoms with van der Waals surface area (Å²) in [4.78, 5) is 11.5. The predicted octanol–water partition coefficient (Wildman–Crippen LogP) is 2.82. The molecule has 1 aromatic heterocycles. The van der Waals surface area contributed by atoms with Crippen molar-refractivity contribution in [2.75, 3.05) is 0 Å². The van der Waals surface area contributed by atoms with Gasteiger partial charge in [-0.15, -0.1) is 0 Å². The van der Waals surface area contributed by atoms with Crippen LogP contribution in [-0.2, 0) is 13.0 Å². The number of rotatable bonds is 4. The van der Waals surface area contributed by atoms with Gasteiger partial charge in [-0.2, -0.15) is 5.10 Å². The lowest BCUT2D eigenvalue weighted by Crippen LogP contribution is -2.22. The van der Waals surface area contributed by atoms with Crippen LogP contribution in [0.4, 0.5) is 0 Å². The fraction of sp³-hybridized carbons (Fsp3) is 0.333. The van der Waals surface area contributed by atoms with Crippen LogP contribution in [0, 0.1) is 0 Å². The fourth-order valence-electron chi connectivity index (χ4n) is 2.56. The van der Waals surface area contributed by atoms with E-state index in [4.69, 9.17) is 0 Å². The van der Waals surface area contributed by atoms with Gasteiger partial charge in [-0.05, 0) is 17.5 Å². The molecule has 0 aliphatic heterocycles. The van der Waals surface area contributed by atoms with Gasteiger partial charge in [-0.1, -0.05) is 31.2 Å². The summed E-state index contributed by atoms with van der Waals surface area (Å²) in [5, 5.41) is 4.28. The number of ketones is 1. The molecular weight excluding hydrogens is 224 g/mol. The number of hydrogen-bond acceptors (Lipinski definition) is 2. The third-order valence-corrected chi connectivity index (χ3v) is 3.65. The van der Waals surface area contributed by atoms with E-state index in [9.17, 15) is 4.79 Å². The molecule has 3 heteroatoms. The topological polar surface area (TPSA) is 34.9 Å². The largest absolute Gasteiger partial charge is 0.294 e. The van der Waals surface area contributed by atoms with E-state index in [1.54, 1.807) is 6.20 Å². The highest BCUT2D eigenvalue weighted by atomic mass is 16.1. The van der Waals surface area contributed by atoms with Crippen molar-refractivity contribution in [1.29, 1.82) is 0 Å². The summed E-state index contributed by atoms with van der Waals surface area (Å²) in [6.45, 7) is 2.75. The Hall–Kier alpha value is -1.90. The van der Waals surface area contributed by atoms with Crippen molar-refractivity contribution in [3.8, 4) is 0 Å². The molecule has 1 heterocycles. The van der Waals surface area contributed by atoms with Crippen LogP contribution in [0.3, 0.4) is 0 Å². The Morgan fingerprint density at radius 3 is 3.06 bits per heavy atom. The van der Waals surface area contributed by atoms with Crippen molar-refractivity contribution in [2.24, 2.45) is 0 Å². The molecule has 0 amide bonds. The zero-order chi connectivity index (χ0) is 12.5. The number of fused-ring (bicyclic) bond motifs is 1. The van der Waals surface area contributed by atoms with Crippen LogP contribution < -0.4 is 0 Å². The number of hydrogen-bond donors (Lipinski definition) is 0. The van der Waals surface area contributed by atoms with Crippen molar-refractivity contribution in [3.63, 3.8) is 0 Å². The lowest BCUT2D eigenvalue weighted by Gasteiger charge is -2.29. The minimum Gasteiger partial charge on any atom is -0.294 e. The molecule has 18 heavy (non-hydrogen) atoms. The molecule has 0 bridgehead atoms. The summed E-state index contributed by atoms with van der Waals surface area (Å²) in [6.07, 6.45) is 5.20. The Labute approximate surface area is 106 Å². The van der Waals surface area contributed by atoms with Gasteiger partial charge < -0.3 is 0 Å². The molecule has 1 atom stereocenters. The molecule has 0 radical (unpaired) electrons. The monoisotopic (exact) mass is 240 g/mol. The highest BCUT2D eigenvalue weighted by molar-refractivity contribution is 5.95. The Morgan fingerprint density at radius 2 is 2.28 bits per heavy atom. The SMILES string of the molecule is CCC(=O)c1cnn(CC2Cc3ccccc32)c1. The number of nitrogens with zero attached hydrogens (tertiary/aromatic N) is 2. The highest BCUT2D eigenvalue weighted by Crippen LogP contribution is 2.35. The molecule has 1 aromatic carbocycles. The van der Waals surface area contributed by atoms with Crippen molar-refractivity contribution >= 4 is 5.78 Å². The Kier molecular flexibility index (Phi) is 2.74. The maximum absolute atomic E-state index is 11.5. The highest BCUT2D eigenvalue weighted by Gasteiger charge is 2.25. The second kappa shape index (κ2) is 4.41. The van der Waals surface area contributed by atoms with E-state index >= 15 is 0 Å². The molecule has 0 saturated carbocycles. The van der Waals surface area contributed by atoms with Gasteiger partial charge in [0.05, 0.1) is 11.8 Å². The van der Waals surface area contributed by atoms with Gasteiger partial charge in [-0.25, -0.2) is 0 Å². The van der Waals surface area contributed by atoms with Crippen molar-refractivity contribution < 1.29 is 4.79 Å².